The molecule has 160 valence electrons. The van der Waals surface area contributed by atoms with Gasteiger partial charge in [-0.25, -0.2) is 0 Å². The highest BCUT2D eigenvalue weighted by Crippen LogP contribution is 2.69. The third-order valence-corrected chi connectivity index (χ3v) is 9.35. The third-order valence-electron chi connectivity index (χ3n) is 9.35. The van der Waals surface area contributed by atoms with Gasteiger partial charge in [0.1, 0.15) is 0 Å². The third kappa shape index (κ3) is 2.72. The Morgan fingerprint density at radius 2 is 1.83 bits per heavy atom. The summed E-state index contributed by atoms with van der Waals surface area (Å²) < 4.78 is 5.82. The summed E-state index contributed by atoms with van der Waals surface area (Å²) in [6.07, 6.45) is 7.38. The molecule has 0 heterocycles. The number of fused-ring (bicyclic) bond motifs is 5. The first-order valence-corrected chi connectivity index (χ1v) is 11.2. The summed E-state index contributed by atoms with van der Waals surface area (Å²) in [5.41, 5.74) is -0.304. The SMILES string of the molecule is CC(=O)O[C@]1(C(C)=O)CC[C@H]2[C@@H]3C[C@@H](CO)C4=CC(=O)CC[C@]4(C)[C@H]3CC[C@@]21C. The van der Waals surface area contributed by atoms with Crippen molar-refractivity contribution in [2.24, 2.45) is 34.5 Å². The van der Waals surface area contributed by atoms with Crippen LogP contribution in [0.4, 0.5) is 0 Å². The maximum Gasteiger partial charge on any atom is 0.303 e. The Bertz CT molecular complexity index is 784. The fourth-order valence-electron chi connectivity index (χ4n) is 8.02. The van der Waals surface area contributed by atoms with Gasteiger partial charge in [-0.05, 0) is 74.7 Å². The molecule has 4 aliphatic carbocycles. The molecule has 3 saturated carbocycles. The molecular weight excluding hydrogens is 368 g/mol. The van der Waals surface area contributed by atoms with Crippen molar-refractivity contribution in [3.05, 3.63) is 11.6 Å². The van der Waals surface area contributed by atoms with E-state index < -0.39 is 5.60 Å². The minimum absolute atomic E-state index is 0.00824. The van der Waals surface area contributed by atoms with E-state index in [1.807, 2.05) is 6.08 Å². The lowest BCUT2D eigenvalue weighted by Gasteiger charge is -2.60. The molecule has 1 N–H and O–H groups in total. The van der Waals surface area contributed by atoms with Crippen molar-refractivity contribution < 1.29 is 24.2 Å². The molecule has 5 nitrogen and oxygen atoms in total. The highest BCUT2D eigenvalue weighted by atomic mass is 16.6. The van der Waals surface area contributed by atoms with Gasteiger partial charge in [-0.15, -0.1) is 0 Å². The highest BCUT2D eigenvalue weighted by Gasteiger charge is 2.68. The number of carbonyl (C=O) groups excluding carboxylic acids is 3. The van der Waals surface area contributed by atoms with Crippen LogP contribution in [-0.4, -0.2) is 34.9 Å². The average molecular weight is 403 g/mol. The van der Waals surface area contributed by atoms with Crippen LogP contribution < -0.4 is 0 Å². The van der Waals surface area contributed by atoms with Gasteiger partial charge < -0.3 is 9.84 Å². The summed E-state index contributed by atoms with van der Waals surface area (Å²) in [5, 5.41) is 10.2. The molecular formula is C24H34O5. The Morgan fingerprint density at radius 3 is 2.45 bits per heavy atom. The second-order valence-corrected chi connectivity index (χ2v) is 10.4. The molecule has 7 atom stereocenters. The van der Waals surface area contributed by atoms with Crippen molar-refractivity contribution in [3.63, 3.8) is 0 Å². The molecule has 0 bridgehead atoms. The molecule has 0 saturated heterocycles. The Morgan fingerprint density at radius 1 is 1.14 bits per heavy atom. The molecule has 29 heavy (non-hydrogen) atoms. The van der Waals surface area contributed by atoms with Gasteiger partial charge in [0.25, 0.3) is 0 Å². The van der Waals surface area contributed by atoms with Gasteiger partial charge in [0.15, 0.2) is 17.2 Å². The molecule has 0 spiro atoms. The van der Waals surface area contributed by atoms with Crippen LogP contribution in [0.5, 0.6) is 0 Å². The number of esters is 1. The maximum absolute atomic E-state index is 12.8. The molecule has 0 aromatic heterocycles. The number of Topliss-reactive ketones (excluding diaryl/α,β-unsaturated/α-hetero) is 1. The lowest BCUT2D eigenvalue weighted by molar-refractivity contribution is -0.188. The van der Waals surface area contributed by atoms with Crippen molar-refractivity contribution in [2.45, 2.75) is 78.2 Å². The standard InChI is InChI=1S/C24H34O5/c1-14(26)24(29-15(2)27)10-7-20-18-11-16(13-25)21-12-17(28)5-8-22(21,3)19(18)6-9-23(20,24)4/h12,16,18-20,25H,5-11,13H2,1-4H3/t16-,18+,19-,20-,22+,23-,24-/m0/s1. The van der Waals surface area contributed by atoms with Crippen molar-refractivity contribution in [1.82, 2.24) is 0 Å². The average Bonchev–Trinajstić information content (AvgIpc) is 2.95. The van der Waals surface area contributed by atoms with E-state index in [-0.39, 0.29) is 46.8 Å². The number of aliphatic hydroxyl groups excluding tert-OH is 1. The fraction of sp³-hybridized carbons (Fsp3) is 0.792. The normalized spacial score (nSPS) is 46.2. The molecule has 0 radical (unpaired) electrons. The molecule has 4 aliphatic rings. The summed E-state index contributed by atoms with van der Waals surface area (Å²) in [4.78, 5) is 36.9. The van der Waals surface area contributed by atoms with Gasteiger partial charge in [0, 0.05) is 31.3 Å². The van der Waals surface area contributed by atoms with E-state index in [2.05, 4.69) is 13.8 Å². The first-order valence-electron chi connectivity index (χ1n) is 11.2. The van der Waals surface area contributed by atoms with Gasteiger partial charge in [0.2, 0.25) is 0 Å². The molecule has 0 amide bonds. The van der Waals surface area contributed by atoms with Crippen molar-refractivity contribution in [1.29, 1.82) is 0 Å². The van der Waals surface area contributed by atoms with E-state index >= 15 is 0 Å². The minimum atomic E-state index is -1.03. The van der Waals surface area contributed by atoms with E-state index in [9.17, 15) is 19.5 Å². The van der Waals surface area contributed by atoms with E-state index in [4.69, 9.17) is 4.74 Å². The van der Waals surface area contributed by atoms with Crippen molar-refractivity contribution in [3.8, 4) is 0 Å². The number of ketones is 2. The fourth-order valence-corrected chi connectivity index (χ4v) is 8.02. The first-order chi connectivity index (χ1) is 13.6. The summed E-state index contributed by atoms with van der Waals surface area (Å²) in [7, 11) is 0. The molecule has 4 rings (SSSR count). The second-order valence-electron chi connectivity index (χ2n) is 10.4. The smallest absolute Gasteiger partial charge is 0.303 e. The molecule has 0 unspecified atom stereocenters. The summed E-state index contributed by atoms with van der Waals surface area (Å²) >= 11 is 0. The monoisotopic (exact) mass is 402 g/mol. The molecule has 0 aromatic rings. The Labute approximate surface area is 173 Å². The van der Waals surface area contributed by atoms with Crippen LogP contribution in [0.2, 0.25) is 0 Å². The van der Waals surface area contributed by atoms with Crippen LogP contribution in [-0.2, 0) is 19.1 Å². The van der Waals surface area contributed by atoms with Gasteiger partial charge in [0.05, 0.1) is 0 Å². The van der Waals surface area contributed by atoms with Crippen LogP contribution in [0.15, 0.2) is 11.6 Å². The summed E-state index contributed by atoms with van der Waals surface area (Å²) in [6, 6.07) is 0. The molecule has 5 heteroatoms. The van der Waals surface area contributed by atoms with E-state index in [1.54, 1.807) is 6.92 Å². The van der Waals surface area contributed by atoms with Crippen molar-refractivity contribution in [2.75, 3.05) is 6.61 Å². The Balaban J connectivity index is 1.75. The van der Waals surface area contributed by atoms with Crippen LogP contribution in [0.25, 0.3) is 0 Å². The molecule has 0 aromatic carbocycles. The zero-order valence-electron chi connectivity index (χ0n) is 18.1. The molecule has 3 fully saturated rings. The summed E-state index contributed by atoms with van der Waals surface area (Å²) in [6.45, 7) is 7.45. The quantitative estimate of drug-likeness (QED) is 0.729. The predicted molar refractivity (Wildman–Crippen MR) is 108 cm³/mol. The highest BCUT2D eigenvalue weighted by molar-refractivity contribution is 5.92. The Kier molecular flexibility index (Phi) is 4.84. The number of hydrogen-bond acceptors (Lipinski definition) is 5. The molecule has 0 aliphatic heterocycles. The Hall–Kier alpha value is -1.49. The number of carbonyl (C=O) groups is 3. The number of aliphatic hydroxyl groups is 1. The van der Waals surface area contributed by atoms with Crippen LogP contribution in [0.3, 0.4) is 0 Å². The lowest BCUT2D eigenvalue weighted by atomic mass is 9.44. The van der Waals surface area contributed by atoms with Crippen molar-refractivity contribution >= 4 is 17.5 Å². The predicted octanol–water partition coefficient (Wildman–Crippen LogP) is 3.63. The van der Waals surface area contributed by atoms with E-state index in [0.29, 0.717) is 24.7 Å². The largest absolute Gasteiger partial charge is 0.451 e. The van der Waals surface area contributed by atoms with Crippen LogP contribution in [0.1, 0.15) is 72.6 Å². The van der Waals surface area contributed by atoms with E-state index in [0.717, 1.165) is 37.7 Å². The summed E-state index contributed by atoms with van der Waals surface area (Å²) in [5.74, 6) is 0.871. The number of hydrogen-bond donors (Lipinski definition) is 1. The number of ether oxygens (including phenoxy) is 1. The second kappa shape index (κ2) is 6.76. The van der Waals surface area contributed by atoms with Gasteiger partial charge >= 0.3 is 5.97 Å². The number of rotatable bonds is 3. The van der Waals surface area contributed by atoms with E-state index in [1.165, 1.54) is 6.92 Å². The van der Waals surface area contributed by atoms with Gasteiger partial charge in [-0.3, -0.25) is 14.4 Å². The van der Waals surface area contributed by atoms with Crippen LogP contribution in [0, 0.1) is 34.5 Å². The minimum Gasteiger partial charge on any atom is -0.451 e. The zero-order valence-corrected chi connectivity index (χ0v) is 18.1. The lowest BCUT2D eigenvalue weighted by Crippen LogP contribution is -2.59. The maximum atomic E-state index is 12.8. The van der Waals surface area contributed by atoms with Gasteiger partial charge in [-0.2, -0.15) is 0 Å². The zero-order chi connectivity index (χ0) is 21.2. The van der Waals surface area contributed by atoms with Gasteiger partial charge in [-0.1, -0.05) is 19.4 Å². The first kappa shape index (κ1) is 20.8. The topological polar surface area (TPSA) is 80.7 Å². The van der Waals surface area contributed by atoms with Crippen LogP contribution >= 0.6 is 0 Å².